The van der Waals surface area contributed by atoms with Gasteiger partial charge in [-0.2, -0.15) is 0 Å². The molecule has 18 heavy (non-hydrogen) atoms. The predicted molar refractivity (Wildman–Crippen MR) is 79.9 cm³/mol. The van der Waals surface area contributed by atoms with Crippen LogP contribution in [-0.4, -0.2) is 21.0 Å². The lowest BCUT2D eigenvalue weighted by atomic mass is 10.2. The van der Waals surface area contributed by atoms with Crippen LogP contribution in [0.15, 0.2) is 32.0 Å². The minimum atomic E-state index is -3.54. The molecule has 0 radical (unpaired) electrons. The lowest BCUT2D eigenvalue weighted by Gasteiger charge is -2.16. The van der Waals surface area contributed by atoms with E-state index in [1.807, 2.05) is 6.92 Å². The van der Waals surface area contributed by atoms with Gasteiger partial charge in [-0.3, -0.25) is 0 Å². The molecule has 102 valence electrons. The fraction of sp³-hybridized carbons (Fsp3) is 0.455. The highest BCUT2D eigenvalue weighted by Gasteiger charge is 2.21. The standard InChI is InChI=1S/C11H16Br2N2O2S/c1-2-3-9(7-14)15-18(16,17)11-5-4-8(12)6-10(11)13/h4-6,9,15H,2-3,7,14H2,1H3. The zero-order valence-corrected chi connectivity index (χ0v) is 14.0. The molecule has 4 nitrogen and oxygen atoms in total. The molecule has 1 unspecified atom stereocenters. The zero-order chi connectivity index (χ0) is 13.8. The molecule has 0 aliphatic rings. The molecule has 0 bridgehead atoms. The van der Waals surface area contributed by atoms with E-state index in [1.54, 1.807) is 18.2 Å². The van der Waals surface area contributed by atoms with Gasteiger partial charge in [-0.05, 0) is 40.5 Å². The molecule has 0 aliphatic heterocycles. The van der Waals surface area contributed by atoms with Crippen LogP contribution in [0.3, 0.4) is 0 Å². The summed E-state index contributed by atoms with van der Waals surface area (Å²) in [5, 5.41) is 0. The van der Waals surface area contributed by atoms with Crippen LogP contribution in [0.4, 0.5) is 0 Å². The van der Waals surface area contributed by atoms with Gasteiger partial charge in [0.05, 0.1) is 4.90 Å². The molecule has 0 saturated heterocycles. The van der Waals surface area contributed by atoms with E-state index in [-0.39, 0.29) is 10.9 Å². The summed E-state index contributed by atoms with van der Waals surface area (Å²) < 4.78 is 28.4. The van der Waals surface area contributed by atoms with Crippen LogP contribution in [0.5, 0.6) is 0 Å². The number of nitrogens with one attached hydrogen (secondary N) is 1. The molecule has 1 aromatic carbocycles. The van der Waals surface area contributed by atoms with Crippen molar-refractivity contribution in [2.24, 2.45) is 5.73 Å². The van der Waals surface area contributed by atoms with Crippen LogP contribution in [0.25, 0.3) is 0 Å². The summed E-state index contributed by atoms with van der Waals surface area (Å²) in [7, 11) is -3.54. The van der Waals surface area contributed by atoms with E-state index in [9.17, 15) is 8.42 Å². The van der Waals surface area contributed by atoms with Gasteiger partial charge in [-0.15, -0.1) is 0 Å². The molecular formula is C11H16Br2N2O2S. The van der Waals surface area contributed by atoms with E-state index >= 15 is 0 Å². The number of rotatable bonds is 6. The van der Waals surface area contributed by atoms with Gasteiger partial charge in [0.2, 0.25) is 10.0 Å². The SMILES string of the molecule is CCCC(CN)NS(=O)(=O)c1ccc(Br)cc1Br. The fourth-order valence-corrected chi connectivity index (χ4v) is 4.58. The molecule has 3 N–H and O–H groups in total. The smallest absolute Gasteiger partial charge is 0.241 e. The monoisotopic (exact) mass is 398 g/mol. The first-order valence-corrected chi connectivity index (χ1v) is 8.65. The number of hydrogen-bond donors (Lipinski definition) is 2. The van der Waals surface area contributed by atoms with Gasteiger partial charge in [-0.25, -0.2) is 13.1 Å². The topological polar surface area (TPSA) is 72.2 Å². The highest BCUT2D eigenvalue weighted by molar-refractivity contribution is 9.11. The van der Waals surface area contributed by atoms with Gasteiger partial charge >= 0.3 is 0 Å². The molecule has 0 amide bonds. The maximum absolute atomic E-state index is 12.2. The second kappa shape index (κ2) is 7.00. The van der Waals surface area contributed by atoms with Crippen molar-refractivity contribution in [2.45, 2.75) is 30.7 Å². The van der Waals surface area contributed by atoms with E-state index in [4.69, 9.17) is 5.73 Å². The van der Waals surface area contributed by atoms with Gasteiger partial charge in [0, 0.05) is 21.5 Å². The van der Waals surface area contributed by atoms with Crippen LogP contribution in [-0.2, 0) is 10.0 Å². The fourth-order valence-electron chi connectivity index (χ4n) is 1.55. The summed E-state index contributed by atoms with van der Waals surface area (Å²) in [5.41, 5.74) is 5.56. The van der Waals surface area contributed by atoms with Crippen molar-refractivity contribution >= 4 is 41.9 Å². The lowest BCUT2D eigenvalue weighted by molar-refractivity contribution is 0.527. The Morgan fingerprint density at radius 3 is 2.56 bits per heavy atom. The van der Waals surface area contributed by atoms with Crippen molar-refractivity contribution in [3.05, 3.63) is 27.1 Å². The number of nitrogens with two attached hydrogens (primary N) is 1. The summed E-state index contributed by atoms with van der Waals surface area (Å²) in [5.74, 6) is 0. The summed E-state index contributed by atoms with van der Waals surface area (Å²) in [6.07, 6.45) is 1.61. The largest absolute Gasteiger partial charge is 0.329 e. The molecule has 1 aromatic rings. The van der Waals surface area contributed by atoms with Crippen LogP contribution < -0.4 is 10.5 Å². The molecular weight excluding hydrogens is 384 g/mol. The van der Waals surface area contributed by atoms with E-state index in [0.29, 0.717) is 11.0 Å². The van der Waals surface area contributed by atoms with Crippen LogP contribution in [0, 0.1) is 0 Å². The van der Waals surface area contributed by atoms with Crippen molar-refractivity contribution in [1.29, 1.82) is 0 Å². The third-order valence-corrected chi connectivity index (χ3v) is 5.42. The van der Waals surface area contributed by atoms with Crippen LogP contribution >= 0.6 is 31.9 Å². The Morgan fingerprint density at radius 1 is 1.39 bits per heavy atom. The number of benzene rings is 1. The zero-order valence-electron chi connectivity index (χ0n) is 9.99. The first-order chi connectivity index (χ1) is 8.40. The predicted octanol–water partition coefficient (Wildman–Crippen LogP) is 2.62. The van der Waals surface area contributed by atoms with Gasteiger partial charge in [-0.1, -0.05) is 29.3 Å². The molecule has 7 heteroatoms. The Bertz CT molecular complexity index is 506. The molecule has 0 aromatic heterocycles. The summed E-state index contributed by atoms with van der Waals surface area (Å²) in [6, 6.07) is 4.72. The minimum absolute atomic E-state index is 0.222. The second-order valence-electron chi connectivity index (χ2n) is 3.92. The van der Waals surface area contributed by atoms with E-state index in [1.165, 1.54) is 0 Å². The molecule has 0 fully saturated rings. The van der Waals surface area contributed by atoms with E-state index in [2.05, 4.69) is 36.6 Å². The number of sulfonamides is 1. The Morgan fingerprint density at radius 2 is 2.06 bits per heavy atom. The molecule has 0 saturated carbocycles. The minimum Gasteiger partial charge on any atom is -0.329 e. The third kappa shape index (κ3) is 4.31. The Hall–Kier alpha value is 0.0500. The van der Waals surface area contributed by atoms with E-state index in [0.717, 1.165) is 17.3 Å². The Kier molecular flexibility index (Phi) is 6.26. The molecule has 0 spiro atoms. The van der Waals surface area contributed by atoms with E-state index < -0.39 is 10.0 Å². The highest BCUT2D eigenvalue weighted by atomic mass is 79.9. The average molecular weight is 400 g/mol. The lowest BCUT2D eigenvalue weighted by Crippen LogP contribution is -2.40. The quantitative estimate of drug-likeness (QED) is 0.772. The van der Waals surface area contributed by atoms with Gasteiger partial charge < -0.3 is 5.73 Å². The van der Waals surface area contributed by atoms with Crippen molar-refractivity contribution in [3.63, 3.8) is 0 Å². The highest BCUT2D eigenvalue weighted by Crippen LogP contribution is 2.25. The second-order valence-corrected chi connectivity index (χ2v) is 7.37. The summed E-state index contributed by atoms with van der Waals surface area (Å²) >= 11 is 6.54. The molecule has 0 aliphatic carbocycles. The number of hydrogen-bond acceptors (Lipinski definition) is 3. The summed E-state index contributed by atoms with van der Waals surface area (Å²) in [4.78, 5) is 0.222. The Labute approximate surface area is 125 Å². The third-order valence-electron chi connectivity index (χ3n) is 2.43. The molecule has 1 atom stereocenters. The first-order valence-electron chi connectivity index (χ1n) is 5.58. The molecule has 1 rings (SSSR count). The maximum Gasteiger partial charge on any atom is 0.241 e. The number of halogens is 2. The van der Waals surface area contributed by atoms with Gasteiger partial charge in [0.15, 0.2) is 0 Å². The van der Waals surface area contributed by atoms with Crippen molar-refractivity contribution < 1.29 is 8.42 Å². The average Bonchev–Trinajstić information content (AvgIpc) is 2.27. The first kappa shape index (κ1) is 16.1. The van der Waals surface area contributed by atoms with Gasteiger partial charge in [0.25, 0.3) is 0 Å². The summed E-state index contributed by atoms with van der Waals surface area (Å²) in [6.45, 7) is 2.29. The Balaban J connectivity index is 2.99. The van der Waals surface area contributed by atoms with Crippen molar-refractivity contribution in [3.8, 4) is 0 Å². The molecule has 0 heterocycles. The van der Waals surface area contributed by atoms with Crippen molar-refractivity contribution in [1.82, 2.24) is 4.72 Å². The van der Waals surface area contributed by atoms with Crippen molar-refractivity contribution in [2.75, 3.05) is 6.54 Å². The van der Waals surface area contributed by atoms with Crippen LogP contribution in [0.1, 0.15) is 19.8 Å². The van der Waals surface area contributed by atoms with Crippen LogP contribution in [0.2, 0.25) is 0 Å². The maximum atomic E-state index is 12.2. The van der Waals surface area contributed by atoms with Gasteiger partial charge in [0.1, 0.15) is 0 Å². The normalized spacial score (nSPS) is 13.6.